The zero-order valence-electron chi connectivity index (χ0n) is 9.01. The van der Waals surface area contributed by atoms with Crippen molar-refractivity contribution in [3.8, 4) is 0 Å². The molecule has 3 rings (SSSR count). The number of hydrogen-bond acceptors (Lipinski definition) is 4. The van der Waals surface area contributed by atoms with E-state index in [2.05, 4.69) is 0 Å². The van der Waals surface area contributed by atoms with E-state index in [1.807, 2.05) is 30.3 Å². The third kappa shape index (κ3) is 1.07. The molecule has 0 radical (unpaired) electrons. The van der Waals surface area contributed by atoms with Gasteiger partial charge in [0.1, 0.15) is 0 Å². The van der Waals surface area contributed by atoms with Crippen molar-refractivity contribution in [2.75, 3.05) is 0 Å². The quantitative estimate of drug-likeness (QED) is 0.627. The maximum atomic E-state index is 11.0. The Morgan fingerprint density at radius 2 is 1.71 bits per heavy atom. The van der Waals surface area contributed by atoms with Gasteiger partial charge in [-0.15, -0.1) is 0 Å². The molecule has 4 heteroatoms. The Balaban J connectivity index is 1.91. The van der Waals surface area contributed by atoms with Crippen molar-refractivity contribution in [2.24, 2.45) is 10.8 Å². The largest absolute Gasteiger partial charge is 0.549 e. The predicted octanol–water partition coefficient (Wildman–Crippen LogP) is -0.950. The number of carbonyl (C=O) groups is 2. The molecule has 0 aromatic heterocycles. The lowest BCUT2D eigenvalue weighted by atomic mass is 9.99. The number of hydrogen-bond donors (Lipinski definition) is 0. The Morgan fingerprint density at radius 1 is 1.12 bits per heavy atom. The predicted molar refractivity (Wildman–Crippen MR) is 53.3 cm³/mol. The maximum absolute atomic E-state index is 11.0. The zero-order chi connectivity index (χ0) is 12.3. The first kappa shape index (κ1) is 10.3. The van der Waals surface area contributed by atoms with Crippen LogP contribution in [-0.4, -0.2) is 11.9 Å². The third-order valence-electron chi connectivity index (χ3n) is 4.28. The maximum Gasteiger partial charge on any atom is 0.0563 e. The second-order valence-electron chi connectivity index (χ2n) is 4.98. The van der Waals surface area contributed by atoms with Crippen LogP contribution in [0.15, 0.2) is 30.3 Å². The third-order valence-corrected chi connectivity index (χ3v) is 4.28. The number of benzene rings is 1. The van der Waals surface area contributed by atoms with Gasteiger partial charge in [-0.3, -0.25) is 0 Å². The molecule has 2 fully saturated rings. The normalized spacial score (nSPS) is 32.1. The topological polar surface area (TPSA) is 80.3 Å². The molecule has 2 aliphatic rings. The van der Waals surface area contributed by atoms with Crippen LogP contribution in [0.2, 0.25) is 0 Å². The van der Waals surface area contributed by atoms with Crippen LogP contribution < -0.4 is 10.2 Å². The summed E-state index contributed by atoms with van der Waals surface area (Å²) in [6.45, 7) is 0. The molecular formula is C13H10O4-2. The van der Waals surface area contributed by atoms with Crippen molar-refractivity contribution >= 4 is 11.9 Å². The fourth-order valence-corrected chi connectivity index (χ4v) is 3.16. The summed E-state index contributed by atoms with van der Waals surface area (Å²) in [6, 6.07) is 9.39. The van der Waals surface area contributed by atoms with Gasteiger partial charge in [-0.25, -0.2) is 0 Å². The van der Waals surface area contributed by atoms with Crippen molar-refractivity contribution in [3.63, 3.8) is 0 Å². The summed E-state index contributed by atoms with van der Waals surface area (Å²) < 4.78 is 0. The highest BCUT2D eigenvalue weighted by Gasteiger charge is 2.81. The van der Waals surface area contributed by atoms with Gasteiger partial charge in [0.05, 0.1) is 17.4 Å². The number of rotatable bonds is 3. The second-order valence-corrected chi connectivity index (χ2v) is 4.98. The van der Waals surface area contributed by atoms with Crippen molar-refractivity contribution in [2.45, 2.75) is 18.8 Å². The van der Waals surface area contributed by atoms with E-state index in [1.54, 1.807) is 0 Å². The first-order chi connectivity index (χ1) is 8.04. The van der Waals surface area contributed by atoms with E-state index in [0.717, 1.165) is 5.56 Å². The first-order valence-corrected chi connectivity index (χ1v) is 5.52. The molecule has 17 heavy (non-hydrogen) atoms. The summed E-state index contributed by atoms with van der Waals surface area (Å²) in [5.41, 5.74) is -1.41. The fraction of sp³-hybridized carbons (Fsp3) is 0.385. The van der Waals surface area contributed by atoms with E-state index in [9.17, 15) is 19.8 Å². The smallest absolute Gasteiger partial charge is 0.0563 e. The first-order valence-electron chi connectivity index (χ1n) is 5.52. The average Bonchev–Trinajstić information content (AvgIpc) is 3.18. The summed E-state index contributed by atoms with van der Waals surface area (Å²) in [5, 5.41) is 22.1. The molecule has 88 valence electrons. The Bertz CT molecular complexity index is 493. The van der Waals surface area contributed by atoms with E-state index in [0.29, 0.717) is 6.42 Å². The highest BCUT2D eigenvalue weighted by atomic mass is 16.4. The highest BCUT2D eigenvalue weighted by Crippen LogP contribution is 2.84. The Kier molecular flexibility index (Phi) is 1.75. The molecule has 2 atom stereocenters. The molecule has 0 unspecified atom stereocenters. The molecule has 1 aromatic carbocycles. The summed E-state index contributed by atoms with van der Waals surface area (Å²) in [4.78, 5) is 22.1. The molecule has 0 saturated heterocycles. The van der Waals surface area contributed by atoms with Crippen LogP contribution in [0.4, 0.5) is 0 Å². The van der Waals surface area contributed by atoms with E-state index in [4.69, 9.17) is 0 Å². The molecule has 0 aliphatic heterocycles. The number of carboxylic acids is 2. The molecule has 4 nitrogen and oxygen atoms in total. The van der Waals surface area contributed by atoms with Crippen molar-refractivity contribution in [1.82, 2.24) is 0 Å². The van der Waals surface area contributed by atoms with Crippen molar-refractivity contribution in [3.05, 3.63) is 35.9 Å². The number of aliphatic carboxylic acids is 2. The highest BCUT2D eigenvalue weighted by molar-refractivity contribution is 6.03. The Morgan fingerprint density at radius 3 is 2.18 bits per heavy atom. The van der Waals surface area contributed by atoms with Gasteiger partial charge in [-0.05, 0) is 29.7 Å². The van der Waals surface area contributed by atoms with E-state index in [1.165, 1.54) is 0 Å². The minimum atomic E-state index is -1.76. The Hall–Kier alpha value is -1.84. The van der Waals surface area contributed by atoms with E-state index < -0.39 is 22.8 Å². The SMILES string of the molecule is O=C([O-])C1(C(=O)[O-])C[C@@]12C[C@H]2c1ccccc1. The standard InChI is InChI=1S/C13H12O4/c14-10(15)13(11(16)17)7-12(13)6-9(12)8-4-2-1-3-5-8/h1-5,9H,6-7H2,(H,14,15)(H,16,17)/p-2/t9-,12+/m0/s1. The van der Waals surface area contributed by atoms with Crippen LogP contribution in [0.5, 0.6) is 0 Å². The lowest BCUT2D eigenvalue weighted by Crippen LogP contribution is -2.47. The fourth-order valence-electron chi connectivity index (χ4n) is 3.16. The molecule has 0 amide bonds. The monoisotopic (exact) mass is 230 g/mol. The summed E-state index contributed by atoms with van der Waals surface area (Å²) in [7, 11) is 0. The summed E-state index contributed by atoms with van der Waals surface area (Å²) in [6.07, 6.45) is 0.739. The van der Waals surface area contributed by atoms with Crippen LogP contribution >= 0.6 is 0 Å². The van der Waals surface area contributed by atoms with Crippen LogP contribution in [0.3, 0.4) is 0 Å². The van der Waals surface area contributed by atoms with E-state index >= 15 is 0 Å². The molecule has 1 spiro atoms. The summed E-state index contributed by atoms with van der Waals surface area (Å²) in [5.74, 6) is -2.99. The molecule has 2 aliphatic carbocycles. The summed E-state index contributed by atoms with van der Waals surface area (Å²) >= 11 is 0. The Labute approximate surface area is 97.9 Å². The van der Waals surface area contributed by atoms with Gasteiger partial charge < -0.3 is 19.8 Å². The minimum absolute atomic E-state index is 0.0134. The van der Waals surface area contributed by atoms with Crippen LogP contribution in [0, 0.1) is 10.8 Å². The lowest BCUT2D eigenvalue weighted by Gasteiger charge is -2.19. The van der Waals surface area contributed by atoms with Gasteiger partial charge in [-0.1, -0.05) is 30.3 Å². The molecule has 0 bridgehead atoms. The van der Waals surface area contributed by atoms with Crippen LogP contribution in [0.25, 0.3) is 0 Å². The molecular weight excluding hydrogens is 220 g/mol. The van der Waals surface area contributed by atoms with Gasteiger partial charge in [0.2, 0.25) is 0 Å². The van der Waals surface area contributed by atoms with Crippen molar-refractivity contribution < 1.29 is 19.8 Å². The van der Waals surface area contributed by atoms with Gasteiger partial charge in [-0.2, -0.15) is 0 Å². The van der Waals surface area contributed by atoms with Gasteiger partial charge >= 0.3 is 0 Å². The van der Waals surface area contributed by atoms with Crippen LogP contribution in [0.1, 0.15) is 24.3 Å². The molecule has 0 heterocycles. The van der Waals surface area contributed by atoms with Gasteiger partial charge in [0, 0.05) is 0 Å². The average molecular weight is 230 g/mol. The number of carboxylic acid groups (broad SMARTS) is 2. The van der Waals surface area contributed by atoms with E-state index in [-0.39, 0.29) is 12.3 Å². The van der Waals surface area contributed by atoms with Gasteiger partial charge in [0.15, 0.2) is 0 Å². The zero-order valence-corrected chi connectivity index (χ0v) is 9.01. The van der Waals surface area contributed by atoms with Crippen molar-refractivity contribution in [1.29, 1.82) is 0 Å². The molecule has 0 N–H and O–H groups in total. The van der Waals surface area contributed by atoms with Crippen LogP contribution in [-0.2, 0) is 9.59 Å². The minimum Gasteiger partial charge on any atom is -0.549 e. The second kappa shape index (κ2) is 2.88. The lowest BCUT2D eigenvalue weighted by molar-refractivity contribution is -0.336. The van der Waals surface area contributed by atoms with Gasteiger partial charge in [0.25, 0.3) is 0 Å². The molecule has 2 saturated carbocycles. The number of carbonyl (C=O) groups excluding carboxylic acids is 2. The molecule has 1 aromatic rings.